The first-order valence-electron chi connectivity index (χ1n) is 35.0. The Kier molecular flexibility index (Phi) is 28.7. The van der Waals surface area contributed by atoms with Gasteiger partial charge in [-0.2, -0.15) is 0 Å². The molecule has 100 heavy (non-hydrogen) atoms. The molecule has 4 saturated heterocycles. The maximum atomic E-state index is 14.1. The third kappa shape index (κ3) is 21.7. The van der Waals surface area contributed by atoms with Gasteiger partial charge in [-0.3, -0.25) is 14.4 Å². The third-order valence-corrected chi connectivity index (χ3v) is 18.1. The van der Waals surface area contributed by atoms with Gasteiger partial charge in [0.05, 0.1) is 72.7 Å². The predicted molar refractivity (Wildman–Crippen MR) is 368 cm³/mol. The van der Waals surface area contributed by atoms with Crippen LogP contribution in [0.25, 0.3) is 0 Å². The smallest absolute Gasteiger partial charge is 0.305 e. The highest BCUT2D eigenvalue weighted by atomic mass is 16.8. The van der Waals surface area contributed by atoms with Crippen LogP contribution in [0.1, 0.15) is 110 Å². The molecule has 0 bridgehead atoms. The maximum Gasteiger partial charge on any atom is 0.305 e. The summed E-state index contributed by atoms with van der Waals surface area (Å²) in [5.74, 6) is -1.56. The second-order valence-corrected chi connectivity index (χ2v) is 25.6. The molecule has 0 spiro atoms. The first kappa shape index (κ1) is 73.6. The summed E-state index contributed by atoms with van der Waals surface area (Å²) in [6, 6.07) is 68.3. The molecule has 0 amide bonds. The average molecular weight is 1370 g/mol. The molecule has 19 nitrogen and oxygen atoms in total. The number of unbranched alkanes of at least 4 members (excludes halogenated alkanes) is 5. The highest BCUT2D eigenvalue weighted by molar-refractivity contribution is 5.69. The lowest BCUT2D eigenvalue weighted by molar-refractivity contribution is -0.405. The van der Waals surface area contributed by atoms with Crippen LogP contribution in [0.4, 0.5) is 0 Å². The Morgan fingerprint density at radius 2 is 0.760 bits per heavy atom. The SMILES string of the molecule is COC(=O)CCCCCCCC[C@H]1O[C@H](COCc2ccccc2)[C@@H](OCc2ccccc2)[C@H](OCc2ccccc2)[C@@H]1O[C@H]1O[C@@H]2COC(c3ccccc3)O[C@H]2[C@H](O[C@H]2O[C@H](COCc3ccccc3)[C@@H](OCc3ccccc3)[C@H](OCc3ccccc3)[C@@H]2OC(C)=O)[C@@H]1OC(C)=O. The van der Waals surface area contributed by atoms with Gasteiger partial charge in [0.1, 0.15) is 61.0 Å². The second kappa shape index (κ2) is 39.0. The molecule has 7 aromatic rings. The molecular formula is C81H94O19. The minimum absolute atomic E-state index is 0.0276. The third-order valence-electron chi connectivity index (χ3n) is 18.1. The molecule has 16 atom stereocenters. The Balaban J connectivity index is 0.983. The summed E-state index contributed by atoms with van der Waals surface area (Å²) in [7, 11) is 1.41. The van der Waals surface area contributed by atoms with Crippen molar-refractivity contribution in [3.05, 3.63) is 251 Å². The van der Waals surface area contributed by atoms with Crippen molar-refractivity contribution in [3.63, 3.8) is 0 Å². The summed E-state index contributed by atoms with van der Waals surface area (Å²) in [5, 5.41) is 0. The monoisotopic (exact) mass is 1370 g/mol. The molecule has 19 heteroatoms. The molecule has 0 aromatic heterocycles. The standard InChI is InChI=1S/C81H94O19/c1-56(82)93-77-75(91-52-63-41-25-13-26-42-63)71(89-50-61-37-21-11-22-38-61)67(54-87-48-59-33-17-9-18-34-59)96-80(77)100-76-73-68(55-92-79(98-73)64-43-27-14-28-44-64)97-81(78(76)94-57(2)83)99-72-65(45-29-6-4-5-7-30-46-69(84)85-3)95-66(53-86-47-58-31-15-8-16-32-58)70(88-49-60-35-19-10-20-36-60)74(72)90-51-62-39-23-12-24-40-62/h8-28,31-44,65-68,70-81H,4-7,29-30,45-55H2,1-3H3/t65-,66-,67-,68-,70-,71-,72-,73-,74+,75+,76+,77+,78+,79?,80-,81-/m1/s1. The van der Waals surface area contributed by atoms with Crippen molar-refractivity contribution in [2.24, 2.45) is 0 Å². The lowest BCUT2D eigenvalue weighted by Crippen LogP contribution is -2.69. The summed E-state index contributed by atoms with van der Waals surface area (Å²) in [4.78, 5) is 39.9. The molecular weight excluding hydrogens is 1280 g/mol. The van der Waals surface area contributed by atoms with Crippen molar-refractivity contribution in [2.45, 2.75) is 203 Å². The van der Waals surface area contributed by atoms with E-state index in [2.05, 4.69) is 0 Å². The van der Waals surface area contributed by atoms with Crippen LogP contribution in [0.2, 0.25) is 0 Å². The summed E-state index contributed by atoms with van der Waals surface area (Å²) in [6.07, 6.45) is -11.2. The zero-order valence-electron chi connectivity index (χ0n) is 57.2. The Bertz CT molecular complexity index is 3470. The fourth-order valence-corrected chi connectivity index (χ4v) is 13.2. The van der Waals surface area contributed by atoms with Crippen molar-refractivity contribution in [1.82, 2.24) is 0 Å². The van der Waals surface area contributed by atoms with Gasteiger partial charge in [0.2, 0.25) is 0 Å². The van der Waals surface area contributed by atoms with Gasteiger partial charge in [-0.05, 0) is 46.2 Å². The molecule has 4 aliphatic rings. The fourth-order valence-electron chi connectivity index (χ4n) is 13.2. The van der Waals surface area contributed by atoms with Gasteiger partial charge in [0.15, 0.2) is 31.1 Å². The zero-order chi connectivity index (χ0) is 69.1. The topological polar surface area (TPSA) is 199 Å². The summed E-state index contributed by atoms with van der Waals surface area (Å²) >= 11 is 0. The number of hydrogen-bond donors (Lipinski definition) is 0. The average Bonchev–Trinajstić information content (AvgIpc) is 0.750. The molecule has 11 rings (SSSR count). The van der Waals surface area contributed by atoms with Gasteiger partial charge in [-0.15, -0.1) is 0 Å². The van der Waals surface area contributed by atoms with Crippen molar-refractivity contribution in [1.29, 1.82) is 0 Å². The van der Waals surface area contributed by atoms with Crippen LogP contribution < -0.4 is 0 Å². The number of hydrogen-bond acceptors (Lipinski definition) is 19. The number of methoxy groups -OCH3 is 1. The number of ether oxygens (including phenoxy) is 16. The van der Waals surface area contributed by atoms with Gasteiger partial charge in [-0.25, -0.2) is 0 Å². The minimum Gasteiger partial charge on any atom is -0.469 e. The van der Waals surface area contributed by atoms with Gasteiger partial charge < -0.3 is 75.8 Å². The number of benzene rings is 7. The Morgan fingerprint density at radius 1 is 0.380 bits per heavy atom. The molecule has 1 unspecified atom stereocenters. The number of carbonyl (C=O) groups excluding carboxylic acids is 3. The van der Waals surface area contributed by atoms with E-state index >= 15 is 0 Å². The summed E-state index contributed by atoms with van der Waals surface area (Å²) in [6.45, 7) is 3.79. The van der Waals surface area contributed by atoms with Gasteiger partial charge in [0, 0.05) is 25.8 Å². The lowest BCUT2D eigenvalue weighted by Gasteiger charge is -2.53. The van der Waals surface area contributed by atoms with Crippen LogP contribution in [0, 0.1) is 0 Å². The quantitative estimate of drug-likeness (QED) is 0.0204. The van der Waals surface area contributed by atoms with E-state index in [1.54, 1.807) is 0 Å². The predicted octanol–water partition coefficient (Wildman–Crippen LogP) is 13.0. The van der Waals surface area contributed by atoms with Crippen molar-refractivity contribution >= 4 is 17.9 Å². The molecule has 0 aliphatic carbocycles. The number of esters is 3. The molecule has 7 aromatic carbocycles. The van der Waals surface area contributed by atoms with E-state index < -0.39 is 110 Å². The molecule has 0 radical (unpaired) electrons. The number of rotatable bonds is 36. The number of carbonyl (C=O) groups is 3. The summed E-state index contributed by atoms with van der Waals surface area (Å²) in [5.41, 5.74) is 6.18. The van der Waals surface area contributed by atoms with Crippen LogP contribution in [-0.2, 0) is 130 Å². The lowest BCUT2D eigenvalue weighted by atomic mass is 9.90. The van der Waals surface area contributed by atoms with E-state index in [4.69, 9.17) is 75.8 Å². The highest BCUT2D eigenvalue weighted by Gasteiger charge is 2.59. The Hall–Kier alpha value is -7.57. The van der Waals surface area contributed by atoms with Gasteiger partial charge in [-0.1, -0.05) is 244 Å². The molecule has 4 heterocycles. The van der Waals surface area contributed by atoms with Crippen molar-refractivity contribution in [3.8, 4) is 0 Å². The first-order valence-corrected chi connectivity index (χ1v) is 35.0. The minimum atomic E-state index is -1.49. The van der Waals surface area contributed by atoms with Crippen LogP contribution in [-0.4, -0.2) is 137 Å². The van der Waals surface area contributed by atoms with Crippen LogP contribution in [0.3, 0.4) is 0 Å². The largest absolute Gasteiger partial charge is 0.469 e. The van der Waals surface area contributed by atoms with E-state index in [1.165, 1.54) is 21.0 Å². The maximum absolute atomic E-state index is 14.1. The molecule has 532 valence electrons. The Labute approximate surface area is 586 Å². The van der Waals surface area contributed by atoms with E-state index in [-0.39, 0.29) is 58.8 Å². The first-order chi connectivity index (χ1) is 49.1. The van der Waals surface area contributed by atoms with E-state index in [0.29, 0.717) is 31.4 Å². The zero-order valence-corrected chi connectivity index (χ0v) is 57.2. The Morgan fingerprint density at radius 3 is 1.22 bits per heavy atom. The normalized spacial score (nSPS) is 26.6. The highest BCUT2D eigenvalue weighted by Crippen LogP contribution is 2.42. The summed E-state index contributed by atoms with van der Waals surface area (Å²) < 4.78 is 110. The van der Waals surface area contributed by atoms with Gasteiger partial charge in [0.25, 0.3) is 0 Å². The van der Waals surface area contributed by atoms with Crippen molar-refractivity contribution in [2.75, 3.05) is 26.9 Å². The van der Waals surface area contributed by atoms with Crippen LogP contribution in [0.5, 0.6) is 0 Å². The van der Waals surface area contributed by atoms with Crippen LogP contribution in [0.15, 0.2) is 212 Å². The van der Waals surface area contributed by atoms with Crippen molar-refractivity contribution < 1.29 is 90.2 Å². The van der Waals surface area contributed by atoms with E-state index in [9.17, 15) is 14.4 Å². The fraction of sp³-hybridized carbons (Fsp3) is 0.444. The van der Waals surface area contributed by atoms with E-state index in [1.807, 2.05) is 212 Å². The number of fused-ring (bicyclic) bond motifs is 1. The molecule has 0 N–H and O–H groups in total. The molecule has 0 saturated carbocycles. The van der Waals surface area contributed by atoms with E-state index in [0.717, 1.165) is 65.5 Å². The molecule has 4 aliphatic heterocycles. The van der Waals surface area contributed by atoms with Gasteiger partial charge >= 0.3 is 17.9 Å². The van der Waals surface area contributed by atoms with Crippen LogP contribution >= 0.6 is 0 Å². The second-order valence-electron chi connectivity index (χ2n) is 25.6. The molecule has 4 fully saturated rings.